The van der Waals surface area contributed by atoms with Gasteiger partial charge in [-0.25, -0.2) is 0 Å². The highest BCUT2D eigenvalue weighted by Gasteiger charge is 2.45. The summed E-state index contributed by atoms with van der Waals surface area (Å²) in [4.78, 5) is 9.24. The minimum Gasteiger partial charge on any atom is -0.256 e. The zero-order valence-electron chi connectivity index (χ0n) is 5.97. The van der Waals surface area contributed by atoms with Crippen molar-refractivity contribution in [1.29, 1.82) is 0 Å². The van der Waals surface area contributed by atoms with Gasteiger partial charge in [-0.2, -0.15) is 0 Å². The van der Waals surface area contributed by atoms with Gasteiger partial charge in [-0.05, 0) is 0 Å². The fourth-order valence-electron chi connectivity index (χ4n) is 0.357. The van der Waals surface area contributed by atoms with Crippen LogP contribution >= 0.6 is 8.17 Å². The quantitative estimate of drug-likeness (QED) is 0.498. The van der Waals surface area contributed by atoms with Gasteiger partial charge in [0.25, 0.3) is 0 Å². The predicted molar refractivity (Wildman–Crippen MR) is 43.0 cm³/mol. The standard InChI is InChI=1S/C6H10O4P/c1-4-8-11(7,9-5-2)10-6-3/h4-7H,1-3H2/q+1. The van der Waals surface area contributed by atoms with E-state index in [2.05, 4.69) is 33.3 Å². The fourth-order valence-corrected chi connectivity index (χ4v) is 1.07. The van der Waals surface area contributed by atoms with Crippen LogP contribution in [0.2, 0.25) is 0 Å². The van der Waals surface area contributed by atoms with Crippen molar-refractivity contribution in [3.63, 3.8) is 0 Å². The summed E-state index contributed by atoms with van der Waals surface area (Å²) >= 11 is 0. The van der Waals surface area contributed by atoms with Crippen LogP contribution in [-0.4, -0.2) is 4.89 Å². The largest absolute Gasteiger partial charge is 0.712 e. The molecule has 11 heavy (non-hydrogen) atoms. The first-order valence-corrected chi connectivity index (χ1v) is 4.18. The average molecular weight is 177 g/mol. The Labute approximate surface area is 66.1 Å². The molecule has 0 saturated heterocycles. The van der Waals surface area contributed by atoms with Crippen molar-refractivity contribution in [2.24, 2.45) is 0 Å². The highest BCUT2D eigenvalue weighted by Crippen LogP contribution is 2.58. The van der Waals surface area contributed by atoms with Crippen molar-refractivity contribution >= 4 is 8.17 Å². The summed E-state index contributed by atoms with van der Waals surface area (Å²) in [5, 5.41) is 0. The van der Waals surface area contributed by atoms with Gasteiger partial charge in [-0.3, -0.25) is 13.6 Å². The molecule has 0 spiro atoms. The minimum atomic E-state index is -3.32. The maximum atomic E-state index is 9.24. The lowest BCUT2D eigenvalue weighted by Gasteiger charge is -2.08. The summed E-state index contributed by atoms with van der Waals surface area (Å²) in [5.41, 5.74) is 0. The summed E-state index contributed by atoms with van der Waals surface area (Å²) in [5.74, 6) is 0. The van der Waals surface area contributed by atoms with E-state index in [-0.39, 0.29) is 0 Å². The van der Waals surface area contributed by atoms with Gasteiger partial charge >= 0.3 is 8.17 Å². The maximum Gasteiger partial charge on any atom is 0.712 e. The summed E-state index contributed by atoms with van der Waals surface area (Å²) in [6.45, 7) is 9.68. The monoisotopic (exact) mass is 177 g/mol. The molecule has 0 aromatic heterocycles. The topological polar surface area (TPSA) is 47.9 Å². The van der Waals surface area contributed by atoms with Gasteiger partial charge in [0, 0.05) is 0 Å². The highest BCUT2D eigenvalue weighted by atomic mass is 31.2. The van der Waals surface area contributed by atoms with Gasteiger partial charge in [-0.1, -0.05) is 19.7 Å². The van der Waals surface area contributed by atoms with E-state index in [0.29, 0.717) is 0 Å². The van der Waals surface area contributed by atoms with E-state index in [0.717, 1.165) is 18.8 Å². The SMILES string of the molecule is C=CO[P+](O)(OC=C)OC=C. The van der Waals surface area contributed by atoms with Crippen molar-refractivity contribution < 1.29 is 18.5 Å². The molecule has 0 aliphatic heterocycles. The molecule has 0 heterocycles. The Hall–Kier alpha value is -0.990. The van der Waals surface area contributed by atoms with Crippen LogP contribution in [0.1, 0.15) is 0 Å². The molecule has 0 aromatic rings. The first-order chi connectivity index (χ1) is 5.18. The number of rotatable bonds is 6. The van der Waals surface area contributed by atoms with Crippen molar-refractivity contribution in [3.8, 4) is 0 Å². The lowest BCUT2D eigenvalue weighted by molar-refractivity contribution is 0.190. The number of hydrogen-bond donors (Lipinski definition) is 1. The molecule has 62 valence electrons. The molecule has 0 aromatic carbocycles. The lowest BCUT2D eigenvalue weighted by Crippen LogP contribution is -1.95. The summed E-state index contributed by atoms with van der Waals surface area (Å²) < 4.78 is 13.7. The van der Waals surface area contributed by atoms with Gasteiger partial charge in [0.05, 0.1) is 0 Å². The Morgan fingerprint density at radius 2 is 1.18 bits per heavy atom. The highest BCUT2D eigenvalue weighted by molar-refractivity contribution is 7.55. The third-order valence-corrected chi connectivity index (χ3v) is 1.87. The molecule has 0 aliphatic rings. The van der Waals surface area contributed by atoms with Gasteiger partial charge in [-0.15, -0.1) is 4.89 Å². The van der Waals surface area contributed by atoms with E-state index in [1.807, 2.05) is 0 Å². The smallest absolute Gasteiger partial charge is 0.256 e. The van der Waals surface area contributed by atoms with Crippen LogP contribution < -0.4 is 0 Å². The lowest BCUT2D eigenvalue weighted by atomic mass is 11.2. The predicted octanol–water partition coefficient (Wildman–Crippen LogP) is 2.14. The van der Waals surface area contributed by atoms with Crippen LogP contribution in [0.15, 0.2) is 38.5 Å². The van der Waals surface area contributed by atoms with Crippen LogP contribution in [0.3, 0.4) is 0 Å². The first kappa shape index (κ1) is 10.0. The molecular weight excluding hydrogens is 167 g/mol. The van der Waals surface area contributed by atoms with E-state index in [1.54, 1.807) is 0 Å². The summed E-state index contributed by atoms with van der Waals surface area (Å²) in [7, 11) is -3.32. The normalized spacial score (nSPS) is 9.55. The van der Waals surface area contributed by atoms with Crippen LogP contribution in [0.5, 0.6) is 0 Å². The zero-order chi connectivity index (χ0) is 8.74. The molecule has 0 saturated carbocycles. The van der Waals surface area contributed by atoms with Crippen molar-refractivity contribution in [2.75, 3.05) is 0 Å². The summed E-state index contributed by atoms with van der Waals surface area (Å²) in [6, 6.07) is 0. The molecule has 0 aliphatic carbocycles. The second-order valence-electron chi connectivity index (χ2n) is 1.28. The summed E-state index contributed by atoms with van der Waals surface area (Å²) in [6.07, 6.45) is 3.04. The molecule has 4 nitrogen and oxygen atoms in total. The Kier molecular flexibility index (Phi) is 4.34. The van der Waals surface area contributed by atoms with Crippen LogP contribution in [0.25, 0.3) is 0 Å². The molecule has 0 rings (SSSR count). The third kappa shape index (κ3) is 3.65. The van der Waals surface area contributed by atoms with Crippen LogP contribution in [-0.2, 0) is 13.6 Å². The fraction of sp³-hybridized carbons (Fsp3) is 0. The Morgan fingerprint density at radius 3 is 1.36 bits per heavy atom. The van der Waals surface area contributed by atoms with E-state index < -0.39 is 8.17 Å². The molecule has 1 N–H and O–H groups in total. The van der Waals surface area contributed by atoms with Gasteiger partial charge in [0.2, 0.25) is 0 Å². The minimum absolute atomic E-state index is 1.01. The van der Waals surface area contributed by atoms with Crippen LogP contribution in [0, 0.1) is 0 Å². The van der Waals surface area contributed by atoms with E-state index >= 15 is 0 Å². The molecule has 0 fully saturated rings. The van der Waals surface area contributed by atoms with Crippen LogP contribution in [0.4, 0.5) is 0 Å². The van der Waals surface area contributed by atoms with E-state index in [9.17, 15) is 4.89 Å². The van der Waals surface area contributed by atoms with Gasteiger partial charge < -0.3 is 0 Å². The Morgan fingerprint density at radius 1 is 0.909 bits per heavy atom. The van der Waals surface area contributed by atoms with Crippen molar-refractivity contribution in [3.05, 3.63) is 38.5 Å². The van der Waals surface area contributed by atoms with Gasteiger partial charge in [0.1, 0.15) is 18.8 Å². The Balaban J connectivity index is 4.09. The Bertz CT molecular complexity index is 130. The van der Waals surface area contributed by atoms with E-state index in [1.165, 1.54) is 0 Å². The molecule has 0 unspecified atom stereocenters. The van der Waals surface area contributed by atoms with E-state index in [4.69, 9.17) is 0 Å². The zero-order valence-corrected chi connectivity index (χ0v) is 6.87. The third-order valence-electron chi connectivity index (χ3n) is 0.623. The van der Waals surface area contributed by atoms with Crippen molar-refractivity contribution in [2.45, 2.75) is 0 Å². The molecule has 5 heteroatoms. The molecule has 0 amide bonds. The second kappa shape index (κ2) is 4.77. The van der Waals surface area contributed by atoms with Crippen molar-refractivity contribution in [1.82, 2.24) is 0 Å². The molecule has 0 bridgehead atoms. The second-order valence-corrected chi connectivity index (χ2v) is 2.85. The molecule has 0 radical (unpaired) electrons. The molecule has 0 atom stereocenters. The average Bonchev–Trinajstić information content (AvgIpc) is 1.88. The van der Waals surface area contributed by atoms with Gasteiger partial charge in [0.15, 0.2) is 0 Å². The number of hydrogen-bond acceptors (Lipinski definition) is 4. The maximum absolute atomic E-state index is 9.24. The first-order valence-electron chi connectivity index (χ1n) is 2.68. The molecular formula is C6H10O4P+.